The average Bonchev–Trinajstić information content (AvgIpc) is 2.44. The van der Waals surface area contributed by atoms with Gasteiger partial charge in [0.05, 0.1) is 14.2 Å². The van der Waals surface area contributed by atoms with Gasteiger partial charge in [0.25, 0.3) is 0 Å². The molecule has 0 aliphatic carbocycles. The molecule has 0 aromatic heterocycles. The molecule has 1 heterocycles. The van der Waals surface area contributed by atoms with Crippen LogP contribution in [0.1, 0.15) is 33.1 Å². The summed E-state index contributed by atoms with van der Waals surface area (Å²) in [6.07, 6.45) is 6.03. The van der Waals surface area contributed by atoms with Gasteiger partial charge in [0.1, 0.15) is 11.6 Å². The van der Waals surface area contributed by atoms with Crippen molar-refractivity contribution in [1.29, 1.82) is 0 Å². The summed E-state index contributed by atoms with van der Waals surface area (Å²) in [6.45, 7) is 11.8. The van der Waals surface area contributed by atoms with E-state index in [0.717, 1.165) is 12.8 Å². The van der Waals surface area contributed by atoms with Crippen molar-refractivity contribution < 1.29 is 9.47 Å². The fraction of sp³-hybridized carbons (Fsp3) is 0.625. The number of aliphatic imine (C=N–C) groups is 2. The van der Waals surface area contributed by atoms with E-state index in [-0.39, 0.29) is 6.04 Å². The number of methoxy groups -OCH3 is 2. The molecule has 4 heteroatoms. The lowest BCUT2D eigenvalue weighted by Crippen LogP contribution is -2.46. The van der Waals surface area contributed by atoms with Crippen molar-refractivity contribution in [3.8, 4) is 0 Å². The van der Waals surface area contributed by atoms with Gasteiger partial charge in [0, 0.05) is 0 Å². The minimum atomic E-state index is -0.512. The molecule has 0 aromatic carbocycles. The molecule has 2 atom stereocenters. The molecular weight excluding hydrogens is 252 g/mol. The standard InChI is InChI=1S/C16H26N2O2/c1-7-9-11-16(10-8-2)15(20-6)17-13(12(3)4)14(18-16)19-5/h7-8,12-13H,1-2,9-11H2,3-6H3/t13-,16-/m1/s1. The zero-order valence-corrected chi connectivity index (χ0v) is 13.1. The summed E-state index contributed by atoms with van der Waals surface area (Å²) in [5.41, 5.74) is -0.512. The second kappa shape index (κ2) is 7.27. The van der Waals surface area contributed by atoms with E-state index < -0.39 is 5.54 Å². The molecule has 112 valence electrons. The quantitative estimate of drug-likeness (QED) is 0.699. The van der Waals surface area contributed by atoms with Crippen LogP contribution in [-0.4, -0.2) is 37.6 Å². The molecule has 20 heavy (non-hydrogen) atoms. The predicted molar refractivity (Wildman–Crippen MR) is 84.5 cm³/mol. The fourth-order valence-electron chi connectivity index (χ4n) is 2.45. The zero-order valence-electron chi connectivity index (χ0n) is 13.1. The summed E-state index contributed by atoms with van der Waals surface area (Å²) in [6, 6.07) is -0.0865. The number of hydrogen-bond acceptors (Lipinski definition) is 4. The Kier molecular flexibility index (Phi) is 5.99. The lowest BCUT2D eigenvalue weighted by molar-refractivity contribution is 0.298. The first-order chi connectivity index (χ1) is 9.54. The van der Waals surface area contributed by atoms with E-state index in [2.05, 4.69) is 27.0 Å². The van der Waals surface area contributed by atoms with Crippen molar-refractivity contribution in [2.75, 3.05) is 14.2 Å². The van der Waals surface area contributed by atoms with Crippen molar-refractivity contribution in [3.63, 3.8) is 0 Å². The SMILES string of the molecule is C=CCC[C@@]1(CC=C)N=C(OC)[C@@H](C(C)C)N=C1OC. The monoisotopic (exact) mass is 278 g/mol. The van der Waals surface area contributed by atoms with Crippen LogP contribution in [0.25, 0.3) is 0 Å². The molecule has 0 fully saturated rings. The van der Waals surface area contributed by atoms with Crippen molar-refractivity contribution >= 4 is 11.8 Å². The molecule has 0 unspecified atom stereocenters. The molecule has 0 spiro atoms. The highest BCUT2D eigenvalue weighted by atomic mass is 16.5. The Morgan fingerprint density at radius 1 is 1.25 bits per heavy atom. The highest BCUT2D eigenvalue weighted by molar-refractivity contribution is 5.97. The Balaban J connectivity index is 3.25. The number of ether oxygens (including phenoxy) is 2. The average molecular weight is 278 g/mol. The summed E-state index contributed by atoms with van der Waals surface area (Å²) in [5, 5.41) is 0. The van der Waals surface area contributed by atoms with Gasteiger partial charge in [-0.05, 0) is 25.2 Å². The fourth-order valence-corrected chi connectivity index (χ4v) is 2.45. The van der Waals surface area contributed by atoms with Gasteiger partial charge >= 0.3 is 0 Å². The summed E-state index contributed by atoms with van der Waals surface area (Å²) >= 11 is 0. The molecule has 0 saturated heterocycles. The molecule has 1 aliphatic heterocycles. The third-order valence-corrected chi connectivity index (χ3v) is 3.51. The highest BCUT2D eigenvalue weighted by Crippen LogP contribution is 2.32. The van der Waals surface area contributed by atoms with E-state index in [1.54, 1.807) is 14.2 Å². The summed E-state index contributed by atoms with van der Waals surface area (Å²) < 4.78 is 11.0. The van der Waals surface area contributed by atoms with Crippen LogP contribution >= 0.6 is 0 Å². The van der Waals surface area contributed by atoms with Gasteiger partial charge in [-0.2, -0.15) is 0 Å². The van der Waals surface area contributed by atoms with Crippen LogP contribution in [0.5, 0.6) is 0 Å². The summed E-state index contributed by atoms with van der Waals surface area (Å²) in [4.78, 5) is 9.57. The molecule has 4 nitrogen and oxygen atoms in total. The van der Waals surface area contributed by atoms with Gasteiger partial charge in [-0.3, -0.25) is 0 Å². The first kappa shape index (κ1) is 16.5. The van der Waals surface area contributed by atoms with Gasteiger partial charge in [0.15, 0.2) is 0 Å². The van der Waals surface area contributed by atoms with Crippen molar-refractivity contribution in [1.82, 2.24) is 0 Å². The highest BCUT2D eigenvalue weighted by Gasteiger charge is 2.42. The smallest absolute Gasteiger partial charge is 0.213 e. The lowest BCUT2D eigenvalue weighted by atomic mass is 9.87. The number of nitrogens with zero attached hydrogens (tertiary/aromatic N) is 2. The summed E-state index contributed by atoms with van der Waals surface area (Å²) in [7, 11) is 3.29. The number of hydrogen-bond donors (Lipinski definition) is 0. The Hall–Kier alpha value is -1.58. The topological polar surface area (TPSA) is 43.2 Å². The normalized spacial score (nSPS) is 25.8. The van der Waals surface area contributed by atoms with Gasteiger partial charge in [0.2, 0.25) is 11.8 Å². The van der Waals surface area contributed by atoms with E-state index in [9.17, 15) is 0 Å². The minimum Gasteiger partial charge on any atom is -0.483 e. The Bertz CT molecular complexity index is 413. The van der Waals surface area contributed by atoms with Gasteiger partial charge in [-0.1, -0.05) is 26.0 Å². The summed E-state index contributed by atoms with van der Waals surface area (Å²) in [5.74, 6) is 1.64. The van der Waals surface area contributed by atoms with Crippen molar-refractivity contribution in [2.45, 2.75) is 44.7 Å². The Labute approximate surface area is 122 Å². The van der Waals surface area contributed by atoms with E-state index in [1.807, 2.05) is 12.2 Å². The largest absolute Gasteiger partial charge is 0.483 e. The molecule has 0 N–H and O–H groups in total. The maximum atomic E-state index is 5.54. The van der Waals surface area contributed by atoms with E-state index >= 15 is 0 Å². The van der Waals surface area contributed by atoms with Crippen molar-refractivity contribution in [3.05, 3.63) is 25.3 Å². The van der Waals surface area contributed by atoms with Crippen LogP contribution in [-0.2, 0) is 9.47 Å². The van der Waals surface area contributed by atoms with Crippen LogP contribution in [0.3, 0.4) is 0 Å². The maximum Gasteiger partial charge on any atom is 0.213 e. The molecule has 0 saturated carbocycles. The van der Waals surface area contributed by atoms with Crippen LogP contribution in [0.15, 0.2) is 35.3 Å². The second-order valence-electron chi connectivity index (χ2n) is 5.33. The Morgan fingerprint density at radius 3 is 2.40 bits per heavy atom. The molecule has 1 aliphatic rings. The third-order valence-electron chi connectivity index (χ3n) is 3.51. The molecule has 1 rings (SSSR count). The van der Waals surface area contributed by atoms with Gasteiger partial charge < -0.3 is 9.47 Å². The molecular formula is C16H26N2O2. The molecule has 0 amide bonds. The van der Waals surface area contributed by atoms with Crippen LogP contribution in [0, 0.1) is 5.92 Å². The van der Waals surface area contributed by atoms with Crippen LogP contribution in [0.4, 0.5) is 0 Å². The Morgan fingerprint density at radius 2 is 1.95 bits per heavy atom. The van der Waals surface area contributed by atoms with E-state index in [1.165, 1.54) is 0 Å². The van der Waals surface area contributed by atoms with Gasteiger partial charge in [-0.25, -0.2) is 9.98 Å². The maximum absolute atomic E-state index is 5.54. The molecule has 0 aromatic rings. The molecule has 0 radical (unpaired) electrons. The minimum absolute atomic E-state index is 0.0865. The van der Waals surface area contributed by atoms with Gasteiger partial charge in [-0.15, -0.1) is 13.2 Å². The van der Waals surface area contributed by atoms with Crippen molar-refractivity contribution in [2.24, 2.45) is 15.9 Å². The number of rotatable bonds is 6. The van der Waals surface area contributed by atoms with Crippen LogP contribution < -0.4 is 0 Å². The molecule has 0 bridgehead atoms. The second-order valence-corrected chi connectivity index (χ2v) is 5.33. The van der Waals surface area contributed by atoms with E-state index in [4.69, 9.17) is 19.5 Å². The van der Waals surface area contributed by atoms with E-state index in [0.29, 0.717) is 24.1 Å². The number of allylic oxidation sites excluding steroid dienone is 1. The lowest BCUT2D eigenvalue weighted by Gasteiger charge is -2.35. The first-order valence-corrected chi connectivity index (χ1v) is 7.02. The first-order valence-electron chi connectivity index (χ1n) is 7.02. The third kappa shape index (κ3) is 3.30. The van der Waals surface area contributed by atoms with Crippen LogP contribution in [0.2, 0.25) is 0 Å². The predicted octanol–water partition coefficient (Wildman–Crippen LogP) is 3.40. The zero-order chi connectivity index (χ0) is 15.2.